The summed E-state index contributed by atoms with van der Waals surface area (Å²) < 4.78 is 6.54. The Labute approximate surface area is 102 Å². The highest BCUT2D eigenvalue weighted by molar-refractivity contribution is 9.10. The van der Waals surface area contributed by atoms with E-state index in [9.17, 15) is 0 Å². The molecule has 1 atom stereocenters. The summed E-state index contributed by atoms with van der Waals surface area (Å²) in [4.78, 5) is 0. The molecule has 1 aromatic heterocycles. The van der Waals surface area contributed by atoms with Crippen LogP contribution in [0.3, 0.4) is 0 Å². The minimum absolute atomic E-state index is 0.0590. The molecule has 1 N–H and O–H groups in total. The maximum absolute atomic E-state index is 5.59. The Bertz CT molecular complexity index is 484. The van der Waals surface area contributed by atoms with E-state index in [4.69, 9.17) is 4.42 Å². The molecule has 0 amide bonds. The lowest BCUT2D eigenvalue weighted by Crippen LogP contribution is -2.12. The second kappa shape index (κ2) is 4.76. The van der Waals surface area contributed by atoms with Crippen LogP contribution < -0.4 is 5.32 Å². The predicted octanol–water partition coefficient (Wildman–Crippen LogP) is 2.78. The molecule has 0 spiro atoms. The lowest BCUT2D eigenvalue weighted by molar-refractivity contribution is 0.441. The van der Waals surface area contributed by atoms with Crippen molar-refractivity contribution < 1.29 is 4.42 Å². The van der Waals surface area contributed by atoms with Crippen molar-refractivity contribution in [3.05, 3.63) is 34.6 Å². The van der Waals surface area contributed by atoms with Crippen LogP contribution in [0, 0.1) is 0 Å². The first kappa shape index (κ1) is 11.3. The molecule has 0 aliphatic heterocycles. The van der Waals surface area contributed by atoms with Gasteiger partial charge in [-0.1, -0.05) is 12.1 Å². The Morgan fingerprint density at radius 2 is 2.06 bits per heavy atom. The maximum Gasteiger partial charge on any atom is 0.248 e. The molecule has 5 heteroatoms. The minimum atomic E-state index is 0.0590. The second-order valence-electron chi connectivity index (χ2n) is 3.44. The van der Waals surface area contributed by atoms with Gasteiger partial charge in [0.15, 0.2) is 0 Å². The molecule has 0 saturated carbocycles. The zero-order valence-corrected chi connectivity index (χ0v) is 10.7. The Morgan fingerprint density at radius 3 is 2.75 bits per heavy atom. The highest BCUT2D eigenvalue weighted by Crippen LogP contribution is 2.27. The number of aromatic nitrogens is 2. The minimum Gasteiger partial charge on any atom is -0.419 e. The first-order valence-corrected chi connectivity index (χ1v) is 5.77. The second-order valence-corrected chi connectivity index (χ2v) is 4.29. The van der Waals surface area contributed by atoms with Gasteiger partial charge in [0.05, 0.1) is 11.6 Å². The molecule has 2 rings (SSSR count). The fraction of sp³-hybridized carbons (Fsp3) is 0.273. The monoisotopic (exact) mass is 281 g/mol. The van der Waals surface area contributed by atoms with Crippen LogP contribution in [0.1, 0.15) is 18.9 Å². The molecule has 0 bridgehead atoms. The van der Waals surface area contributed by atoms with Gasteiger partial charge in [0.2, 0.25) is 11.8 Å². The van der Waals surface area contributed by atoms with Crippen LogP contribution in [-0.2, 0) is 0 Å². The summed E-state index contributed by atoms with van der Waals surface area (Å²) in [6.45, 7) is 1.97. The van der Waals surface area contributed by atoms with E-state index >= 15 is 0 Å². The normalized spacial score (nSPS) is 12.7. The highest BCUT2D eigenvalue weighted by Gasteiger charge is 2.14. The van der Waals surface area contributed by atoms with E-state index in [0.717, 1.165) is 10.0 Å². The molecule has 0 saturated heterocycles. The van der Waals surface area contributed by atoms with Gasteiger partial charge in [0.25, 0.3) is 0 Å². The van der Waals surface area contributed by atoms with Crippen LogP contribution >= 0.6 is 15.9 Å². The molecule has 2 aromatic rings. The summed E-state index contributed by atoms with van der Waals surface area (Å²) in [6, 6.07) is 7.82. The molecular formula is C11H12BrN3O. The van der Waals surface area contributed by atoms with Crippen LogP contribution in [-0.4, -0.2) is 17.2 Å². The van der Waals surface area contributed by atoms with Crippen molar-refractivity contribution in [1.82, 2.24) is 15.5 Å². The van der Waals surface area contributed by atoms with Crippen LogP contribution in [0.4, 0.5) is 0 Å². The molecule has 4 nitrogen and oxygen atoms in total. The smallest absolute Gasteiger partial charge is 0.248 e. The van der Waals surface area contributed by atoms with E-state index in [1.165, 1.54) is 0 Å². The molecule has 1 heterocycles. The fourth-order valence-corrected chi connectivity index (χ4v) is 1.73. The zero-order chi connectivity index (χ0) is 11.5. The Hall–Kier alpha value is -1.20. The molecule has 0 aliphatic rings. The summed E-state index contributed by atoms with van der Waals surface area (Å²) in [5.74, 6) is 1.12. The van der Waals surface area contributed by atoms with Gasteiger partial charge >= 0.3 is 0 Å². The van der Waals surface area contributed by atoms with Gasteiger partial charge in [0, 0.05) is 4.47 Å². The van der Waals surface area contributed by atoms with Crippen molar-refractivity contribution in [2.75, 3.05) is 7.05 Å². The number of benzene rings is 1. The molecule has 16 heavy (non-hydrogen) atoms. The Kier molecular flexibility index (Phi) is 3.36. The van der Waals surface area contributed by atoms with Crippen molar-refractivity contribution in [3.63, 3.8) is 0 Å². The van der Waals surface area contributed by atoms with Gasteiger partial charge in [0.1, 0.15) is 0 Å². The molecule has 0 aliphatic carbocycles. The molecular weight excluding hydrogens is 270 g/mol. The van der Waals surface area contributed by atoms with Crippen molar-refractivity contribution in [1.29, 1.82) is 0 Å². The number of nitrogens with one attached hydrogen (secondary N) is 1. The van der Waals surface area contributed by atoms with Gasteiger partial charge in [-0.2, -0.15) is 0 Å². The largest absolute Gasteiger partial charge is 0.419 e. The van der Waals surface area contributed by atoms with Gasteiger partial charge in [-0.15, -0.1) is 10.2 Å². The number of halogens is 1. The average Bonchev–Trinajstić information content (AvgIpc) is 2.78. The van der Waals surface area contributed by atoms with Gasteiger partial charge in [-0.25, -0.2) is 0 Å². The molecule has 0 fully saturated rings. The summed E-state index contributed by atoms with van der Waals surface area (Å²) in [5, 5.41) is 11.1. The predicted molar refractivity (Wildman–Crippen MR) is 64.9 cm³/mol. The summed E-state index contributed by atoms with van der Waals surface area (Å²) >= 11 is 3.45. The van der Waals surface area contributed by atoms with E-state index in [2.05, 4.69) is 31.4 Å². The number of rotatable bonds is 3. The standard InChI is InChI=1S/C11H12BrN3O/c1-7(13-2)10-14-15-11(16-10)8-5-3-4-6-9(8)12/h3-7,13H,1-2H3. The number of hydrogen-bond donors (Lipinski definition) is 1. The molecule has 84 valence electrons. The van der Waals surface area contributed by atoms with Crippen LogP contribution in [0.5, 0.6) is 0 Å². The fourth-order valence-electron chi connectivity index (χ4n) is 1.28. The van der Waals surface area contributed by atoms with Crippen molar-refractivity contribution in [3.8, 4) is 11.5 Å². The third kappa shape index (κ3) is 2.15. The van der Waals surface area contributed by atoms with Gasteiger partial charge in [-0.3, -0.25) is 0 Å². The highest BCUT2D eigenvalue weighted by atomic mass is 79.9. The van der Waals surface area contributed by atoms with Crippen molar-refractivity contribution >= 4 is 15.9 Å². The van der Waals surface area contributed by atoms with Gasteiger partial charge in [-0.05, 0) is 42.0 Å². The van der Waals surface area contributed by atoms with Crippen LogP contribution in [0.2, 0.25) is 0 Å². The Balaban J connectivity index is 2.35. The van der Waals surface area contributed by atoms with Crippen molar-refractivity contribution in [2.45, 2.75) is 13.0 Å². The maximum atomic E-state index is 5.59. The first-order chi connectivity index (χ1) is 7.72. The molecule has 0 radical (unpaired) electrons. The lowest BCUT2D eigenvalue weighted by Gasteiger charge is -2.02. The zero-order valence-electron chi connectivity index (χ0n) is 9.07. The van der Waals surface area contributed by atoms with Crippen LogP contribution in [0.25, 0.3) is 11.5 Å². The topological polar surface area (TPSA) is 51.0 Å². The van der Waals surface area contributed by atoms with E-state index in [-0.39, 0.29) is 6.04 Å². The van der Waals surface area contributed by atoms with Crippen LogP contribution in [0.15, 0.2) is 33.2 Å². The molecule has 1 unspecified atom stereocenters. The summed E-state index contributed by atoms with van der Waals surface area (Å²) in [7, 11) is 1.85. The molecule has 1 aromatic carbocycles. The first-order valence-electron chi connectivity index (χ1n) is 4.98. The van der Waals surface area contributed by atoms with Gasteiger partial charge < -0.3 is 9.73 Å². The van der Waals surface area contributed by atoms with E-state index in [1.54, 1.807) is 0 Å². The Morgan fingerprint density at radius 1 is 1.31 bits per heavy atom. The average molecular weight is 282 g/mol. The number of nitrogens with zero attached hydrogens (tertiary/aromatic N) is 2. The lowest BCUT2D eigenvalue weighted by atomic mass is 10.2. The van der Waals surface area contributed by atoms with E-state index in [0.29, 0.717) is 11.8 Å². The SMILES string of the molecule is CNC(C)c1nnc(-c2ccccc2Br)o1. The van der Waals surface area contributed by atoms with E-state index < -0.39 is 0 Å². The number of hydrogen-bond acceptors (Lipinski definition) is 4. The third-order valence-corrected chi connectivity index (χ3v) is 3.04. The summed E-state index contributed by atoms with van der Waals surface area (Å²) in [5.41, 5.74) is 0.907. The van der Waals surface area contributed by atoms with Crippen molar-refractivity contribution in [2.24, 2.45) is 0 Å². The third-order valence-electron chi connectivity index (χ3n) is 2.35. The van der Waals surface area contributed by atoms with E-state index in [1.807, 2.05) is 38.2 Å². The quantitative estimate of drug-likeness (QED) is 0.940. The summed E-state index contributed by atoms with van der Waals surface area (Å²) in [6.07, 6.45) is 0.